The Morgan fingerprint density at radius 1 is 1.38 bits per heavy atom. The maximum atomic E-state index is 5.79. The third-order valence-corrected chi connectivity index (χ3v) is 3.60. The maximum absolute atomic E-state index is 5.79. The second-order valence-corrected chi connectivity index (χ2v) is 5.09. The summed E-state index contributed by atoms with van der Waals surface area (Å²) in [6.07, 6.45) is 4.22. The van der Waals surface area contributed by atoms with Crippen molar-refractivity contribution in [1.82, 2.24) is 9.97 Å². The van der Waals surface area contributed by atoms with Gasteiger partial charge in [0.25, 0.3) is 0 Å². The summed E-state index contributed by atoms with van der Waals surface area (Å²) in [5.74, 6) is 2.60. The van der Waals surface area contributed by atoms with Gasteiger partial charge >= 0.3 is 0 Å². The van der Waals surface area contributed by atoms with Gasteiger partial charge in [-0.3, -0.25) is 0 Å². The van der Waals surface area contributed by atoms with Gasteiger partial charge in [-0.1, -0.05) is 13.8 Å². The molecule has 1 aromatic heterocycles. The predicted molar refractivity (Wildman–Crippen MR) is 66.8 cm³/mol. The van der Waals surface area contributed by atoms with E-state index < -0.39 is 0 Å². The molecule has 0 aromatic carbocycles. The zero-order valence-corrected chi connectivity index (χ0v) is 10.6. The van der Waals surface area contributed by atoms with Crippen LogP contribution in [0.15, 0.2) is 12.3 Å². The van der Waals surface area contributed by atoms with E-state index in [9.17, 15) is 0 Å². The molecule has 16 heavy (non-hydrogen) atoms. The second-order valence-electron chi connectivity index (χ2n) is 4.75. The Bertz CT molecular complexity index is 346. The first-order valence-electron chi connectivity index (χ1n) is 5.90. The smallest absolute Gasteiger partial charge is 0.224 e. The molecule has 3 nitrogen and oxygen atoms in total. The highest BCUT2D eigenvalue weighted by molar-refractivity contribution is 6.28. The molecule has 1 aromatic rings. The van der Waals surface area contributed by atoms with Gasteiger partial charge in [-0.25, -0.2) is 9.97 Å². The molecule has 0 atom stereocenters. The quantitative estimate of drug-likeness (QED) is 0.743. The van der Waals surface area contributed by atoms with E-state index in [1.54, 1.807) is 6.20 Å². The van der Waals surface area contributed by atoms with Crippen molar-refractivity contribution in [1.29, 1.82) is 0 Å². The van der Waals surface area contributed by atoms with E-state index in [0.717, 1.165) is 30.7 Å². The van der Waals surface area contributed by atoms with E-state index in [1.807, 2.05) is 6.07 Å². The minimum absolute atomic E-state index is 0.337. The summed E-state index contributed by atoms with van der Waals surface area (Å²) in [5, 5.41) is 0.337. The van der Waals surface area contributed by atoms with Crippen molar-refractivity contribution in [2.45, 2.75) is 26.7 Å². The lowest BCUT2D eigenvalue weighted by atomic mass is 9.87. The van der Waals surface area contributed by atoms with Crippen LogP contribution in [-0.2, 0) is 0 Å². The molecule has 2 rings (SSSR count). The summed E-state index contributed by atoms with van der Waals surface area (Å²) in [6, 6.07) is 1.93. The Balaban J connectivity index is 1.99. The van der Waals surface area contributed by atoms with Crippen LogP contribution in [0, 0.1) is 11.8 Å². The lowest BCUT2D eigenvalue weighted by Gasteiger charge is -2.34. The molecule has 1 saturated heterocycles. The van der Waals surface area contributed by atoms with Gasteiger partial charge < -0.3 is 4.90 Å². The molecule has 1 aliphatic rings. The molecular formula is C12H18ClN3. The maximum Gasteiger partial charge on any atom is 0.224 e. The number of halogens is 1. The molecule has 88 valence electrons. The average molecular weight is 240 g/mol. The van der Waals surface area contributed by atoms with Crippen LogP contribution in [-0.4, -0.2) is 23.1 Å². The molecule has 1 aliphatic heterocycles. The van der Waals surface area contributed by atoms with Gasteiger partial charge in [0.2, 0.25) is 5.28 Å². The predicted octanol–water partition coefficient (Wildman–Crippen LogP) is 3.00. The number of hydrogen-bond donors (Lipinski definition) is 0. The van der Waals surface area contributed by atoms with Gasteiger partial charge in [0.15, 0.2) is 0 Å². The molecule has 0 saturated carbocycles. The van der Waals surface area contributed by atoms with Crippen molar-refractivity contribution in [3.8, 4) is 0 Å². The lowest BCUT2D eigenvalue weighted by Crippen LogP contribution is -2.35. The van der Waals surface area contributed by atoms with E-state index in [2.05, 4.69) is 28.7 Å². The Kier molecular flexibility index (Phi) is 3.64. The molecule has 2 heterocycles. The van der Waals surface area contributed by atoms with Gasteiger partial charge in [0.05, 0.1) is 0 Å². The highest BCUT2D eigenvalue weighted by atomic mass is 35.5. The number of piperidine rings is 1. The summed E-state index contributed by atoms with van der Waals surface area (Å²) >= 11 is 5.79. The van der Waals surface area contributed by atoms with Crippen LogP contribution in [0.5, 0.6) is 0 Å². The minimum Gasteiger partial charge on any atom is -0.356 e. The summed E-state index contributed by atoms with van der Waals surface area (Å²) < 4.78 is 0. The number of nitrogens with zero attached hydrogens (tertiary/aromatic N) is 3. The summed E-state index contributed by atoms with van der Waals surface area (Å²) in [4.78, 5) is 10.5. The molecule has 0 aliphatic carbocycles. The number of aromatic nitrogens is 2. The molecule has 4 heteroatoms. The molecule has 0 spiro atoms. The molecule has 0 unspecified atom stereocenters. The van der Waals surface area contributed by atoms with Crippen LogP contribution in [0.1, 0.15) is 26.7 Å². The van der Waals surface area contributed by atoms with Crippen LogP contribution in [0.4, 0.5) is 5.82 Å². The van der Waals surface area contributed by atoms with Crippen molar-refractivity contribution in [3.63, 3.8) is 0 Å². The van der Waals surface area contributed by atoms with E-state index in [1.165, 1.54) is 12.8 Å². The zero-order chi connectivity index (χ0) is 11.5. The largest absolute Gasteiger partial charge is 0.356 e. The van der Waals surface area contributed by atoms with Gasteiger partial charge in [-0.15, -0.1) is 0 Å². The van der Waals surface area contributed by atoms with Crippen molar-refractivity contribution in [2.75, 3.05) is 18.0 Å². The zero-order valence-electron chi connectivity index (χ0n) is 9.86. The average Bonchev–Trinajstić information content (AvgIpc) is 2.29. The highest BCUT2D eigenvalue weighted by Crippen LogP contribution is 2.26. The molecule has 0 bridgehead atoms. The van der Waals surface area contributed by atoms with Crippen molar-refractivity contribution < 1.29 is 0 Å². The lowest BCUT2D eigenvalue weighted by molar-refractivity contribution is 0.310. The van der Waals surface area contributed by atoms with E-state index in [-0.39, 0.29) is 0 Å². The first kappa shape index (κ1) is 11.6. The monoisotopic (exact) mass is 239 g/mol. The number of anilines is 1. The first-order valence-corrected chi connectivity index (χ1v) is 6.28. The third kappa shape index (κ3) is 2.64. The normalized spacial score (nSPS) is 18.1. The molecule has 1 fully saturated rings. The standard InChI is InChI=1S/C12H18ClN3/c1-9(2)10-4-7-16(8-5-10)11-3-6-14-12(13)15-11/h3,6,9-10H,4-5,7-8H2,1-2H3. The van der Waals surface area contributed by atoms with E-state index in [4.69, 9.17) is 11.6 Å². The SMILES string of the molecule is CC(C)C1CCN(c2ccnc(Cl)n2)CC1. The first-order chi connectivity index (χ1) is 7.66. The van der Waals surface area contributed by atoms with Crippen LogP contribution >= 0.6 is 11.6 Å². The fraction of sp³-hybridized carbons (Fsp3) is 0.667. The Labute approximate surface area is 102 Å². The highest BCUT2D eigenvalue weighted by Gasteiger charge is 2.22. The molecule has 0 N–H and O–H groups in total. The topological polar surface area (TPSA) is 29.0 Å². The van der Waals surface area contributed by atoms with Crippen molar-refractivity contribution in [2.24, 2.45) is 11.8 Å². The molecule has 0 amide bonds. The van der Waals surface area contributed by atoms with E-state index in [0.29, 0.717) is 5.28 Å². The van der Waals surface area contributed by atoms with Crippen LogP contribution in [0.3, 0.4) is 0 Å². The third-order valence-electron chi connectivity index (χ3n) is 3.42. The van der Waals surface area contributed by atoms with Crippen LogP contribution in [0.2, 0.25) is 5.28 Å². The van der Waals surface area contributed by atoms with Crippen molar-refractivity contribution >= 4 is 17.4 Å². The Morgan fingerprint density at radius 2 is 2.06 bits per heavy atom. The Hall–Kier alpha value is -0.830. The van der Waals surface area contributed by atoms with Gasteiger partial charge in [-0.2, -0.15) is 0 Å². The summed E-state index contributed by atoms with van der Waals surface area (Å²) in [7, 11) is 0. The van der Waals surface area contributed by atoms with E-state index >= 15 is 0 Å². The van der Waals surface area contributed by atoms with Crippen LogP contribution in [0.25, 0.3) is 0 Å². The molecular weight excluding hydrogens is 222 g/mol. The molecule has 0 radical (unpaired) electrons. The summed E-state index contributed by atoms with van der Waals surface area (Å²) in [6.45, 7) is 6.77. The number of hydrogen-bond acceptors (Lipinski definition) is 3. The van der Waals surface area contributed by atoms with Gasteiger partial charge in [0.1, 0.15) is 5.82 Å². The minimum atomic E-state index is 0.337. The second kappa shape index (κ2) is 5.00. The summed E-state index contributed by atoms with van der Waals surface area (Å²) in [5.41, 5.74) is 0. The number of rotatable bonds is 2. The fourth-order valence-corrected chi connectivity index (χ4v) is 2.44. The Morgan fingerprint density at radius 3 is 2.62 bits per heavy atom. The van der Waals surface area contributed by atoms with Gasteiger partial charge in [-0.05, 0) is 42.3 Å². The fourth-order valence-electron chi connectivity index (χ4n) is 2.30. The van der Waals surface area contributed by atoms with Crippen LogP contribution < -0.4 is 4.90 Å². The van der Waals surface area contributed by atoms with Gasteiger partial charge in [0, 0.05) is 19.3 Å². The van der Waals surface area contributed by atoms with Crippen molar-refractivity contribution in [3.05, 3.63) is 17.5 Å².